The third-order valence-electron chi connectivity index (χ3n) is 9.00. The Balaban J connectivity index is 1.13. The van der Waals surface area contributed by atoms with Crippen LogP contribution in [0.25, 0.3) is 21.5 Å². The zero-order valence-corrected chi connectivity index (χ0v) is 30.6. The second-order valence-corrected chi connectivity index (χ2v) is 13.0. The highest BCUT2D eigenvalue weighted by molar-refractivity contribution is 6.12. The van der Waals surface area contributed by atoms with Crippen LogP contribution in [-0.4, -0.2) is 37.0 Å². The van der Waals surface area contributed by atoms with Crippen LogP contribution in [0.4, 0.5) is 43.4 Å². The average molecular weight is 786 g/mol. The summed E-state index contributed by atoms with van der Waals surface area (Å²) in [7, 11) is 0. The highest BCUT2D eigenvalue weighted by atomic mass is 19.1. The van der Waals surface area contributed by atoms with E-state index in [-0.39, 0.29) is 46.6 Å². The van der Waals surface area contributed by atoms with Gasteiger partial charge in [-0.2, -0.15) is 25.2 Å². The van der Waals surface area contributed by atoms with Gasteiger partial charge < -0.3 is 10.2 Å². The van der Waals surface area contributed by atoms with E-state index in [1.165, 1.54) is 60.7 Å². The minimum atomic E-state index is -0.816. The zero-order valence-electron chi connectivity index (χ0n) is 30.6. The molecule has 0 aliphatic heterocycles. The number of hydrogen-bond donors (Lipinski definition) is 4. The van der Waals surface area contributed by atoms with Gasteiger partial charge in [0.15, 0.2) is 11.5 Å². The Bertz CT molecular complexity index is 2770. The van der Waals surface area contributed by atoms with Gasteiger partial charge in [-0.15, -0.1) is 10.2 Å². The van der Waals surface area contributed by atoms with E-state index in [4.69, 9.17) is 0 Å². The van der Waals surface area contributed by atoms with Gasteiger partial charge in [0.25, 0.3) is 11.8 Å². The molecule has 13 nitrogen and oxygen atoms in total. The van der Waals surface area contributed by atoms with Crippen LogP contribution in [0.2, 0.25) is 0 Å². The van der Waals surface area contributed by atoms with Crippen molar-refractivity contribution in [3.63, 3.8) is 0 Å². The van der Waals surface area contributed by atoms with E-state index in [1.54, 1.807) is 48.5 Å². The van der Waals surface area contributed by atoms with E-state index in [1.807, 2.05) is 30.3 Å². The lowest BCUT2D eigenvalue weighted by Gasteiger charge is -2.13. The predicted octanol–water partition coefficient (Wildman–Crippen LogP) is 10.8. The molecule has 4 N–H and O–H groups in total. The molecule has 0 fully saturated rings. The number of nitrogens with zero attached hydrogens (tertiary/aromatic N) is 7. The molecule has 1 aromatic heterocycles. The molecule has 8 aromatic rings. The zero-order chi connectivity index (χ0) is 40.9. The van der Waals surface area contributed by atoms with Crippen molar-refractivity contribution in [2.75, 3.05) is 10.6 Å². The lowest BCUT2D eigenvalue weighted by Crippen LogP contribution is -2.19. The molecule has 59 heavy (non-hydrogen) atoms. The number of azo groups is 2. The largest absolute Gasteiger partial charge is 0.505 e. The van der Waals surface area contributed by atoms with E-state index < -0.39 is 34.9 Å². The molecule has 0 atom stereocenters. The number of carbonyl (C=O) groups is 2. The third-order valence-corrected chi connectivity index (χ3v) is 9.00. The first-order valence-electron chi connectivity index (χ1n) is 17.9. The summed E-state index contributed by atoms with van der Waals surface area (Å²) in [6.07, 6.45) is 0.180. The fraction of sp³-hybridized carbons (Fsp3) is 0.0227. The molecule has 0 bridgehead atoms. The Morgan fingerprint density at radius 3 is 1.41 bits per heavy atom. The summed E-state index contributed by atoms with van der Waals surface area (Å²) < 4.78 is 27.0. The molecule has 288 valence electrons. The molecule has 0 saturated heterocycles. The van der Waals surface area contributed by atoms with Crippen molar-refractivity contribution >= 4 is 68.0 Å². The maximum absolute atomic E-state index is 13.9. The highest BCUT2D eigenvalue weighted by Crippen LogP contribution is 2.41. The SMILES string of the molecule is O=C(Nc1nc(Cc2ccccc2)nc(NC(=O)c2cc3ccccc3c(N=Nc3ccc(F)cc3)c2O)n1)c1cc2ccccc2c(N=Nc2ccc(F)cc2)c1O. The summed E-state index contributed by atoms with van der Waals surface area (Å²) in [5.41, 5.74) is 1.08. The van der Waals surface area contributed by atoms with Gasteiger partial charge in [-0.25, -0.2) is 8.78 Å². The predicted molar refractivity (Wildman–Crippen MR) is 217 cm³/mol. The van der Waals surface area contributed by atoms with Gasteiger partial charge in [-0.1, -0.05) is 78.9 Å². The third kappa shape index (κ3) is 8.44. The first-order valence-corrected chi connectivity index (χ1v) is 17.9. The van der Waals surface area contributed by atoms with Crippen molar-refractivity contribution in [2.45, 2.75) is 6.42 Å². The second kappa shape index (κ2) is 16.4. The van der Waals surface area contributed by atoms with E-state index in [9.17, 15) is 28.6 Å². The molecule has 0 saturated carbocycles. The molecule has 1 heterocycles. The monoisotopic (exact) mass is 785 g/mol. The molecule has 0 aliphatic rings. The number of rotatable bonds is 10. The van der Waals surface area contributed by atoms with Gasteiger partial charge in [0.2, 0.25) is 11.9 Å². The number of amides is 2. The van der Waals surface area contributed by atoms with E-state index in [0.717, 1.165) is 5.56 Å². The summed E-state index contributed by atoms with van der Waals surface area (Å²) in [6, 6.07) is 36.6. The summed E-state index contributed by atoms with van der Waals surface area (Å²) in [4.78, 5) is 41.0. The minimum absolute atomic E-state index is 0.00213. The van der Waals surface area contributed by atoms with Crippen LogP contribution in [0.1, 0.15) is 32.1 Å². The minimum Gasteiger partial charge on any atom is -0.505 e. The summed E-state index contributed by atoms with van der Waals surface area (Å²) in [5, 5.41) is 46.9. The van der Waals surface area contributed by atoms with Crippen molar-refractivity contribution in [1.29, 1.82) is 0 Å². The molecular weight excluding hydrogens is 757 g/mol. The Kier molecular flexibility index (Phi) is 10.5. The number of phenolic OH excluding ortho intramolecular Hbond substituents is 2. The molecule has 8 rings (SSSR count). The van der Waals surface area contributed by atoms with Gasteiger partial charge in [-0.05, 0) is 77.0 Å². The van der Waals surface area contributed by atoms with Crippen LogP contribution in [0.3, 0.4) is 0 Å². The molecule has 0 unspecified atom stereocenters. The van der Waals surface area contributed by atoms with Crippen LogP contribution >= 0.6 is 0 Å². The Labute approximate surface area is 333 Å². The number of anilines is 2. The Morgan fingerprint density at radius 1 is 0.525 bits per heavy atom. The van der Waals surface area contributed by atoms with Crippen molar-refractivity contribution in [3.8, 4) is 11.5 Å². The van der Waals surface area contributed by atoms with Gasteiger partial charge in [0.05, 0.1) is 22.5 Å². The number of halogens is 2. The normalized spacial score (nSPS) is 11.4. The smallest absolute Gasteiger partial charge is 0.261 e. The lowest BCUT2D eigenvalue weighted by molar-refractivity contribution is 0.101. The summed E-state index contributed by atoms with van der Waals surface area (Å²) in [6.45, 7) is 0. The highest BCUT2D eigenvalue weighted by Gasteiger charge is 2.23. The van der Waals surface area contributed by atoms with Crippen LogP contribution in [0, 0.1) is 11.6 Å². The average Bonchev–Trinajstić information content (AvgIpc) is 3.24. The number of fused-ring (bicyclic) bond motifs is 2. The van der Waals surface area contributed by atoms with Crippen molar-refractivity contribution in [1.82, 2.24) is 15.0 Å². The van der Waals surface area contributed by atoms with Gasteiger partial charge in [-0.3, -0.25) is 20.2 Å². The number of benzene rings is 7. The Morgan fingerprint density at radius 2 is 0.949 bits per heavy atom. The first kappa shape index (κ1) is 37.6. The number of phenols is 2. The molecule has 0 radical (unpaired) electrons. The number of hydrogen-bond acceptors (Lipinski definition) is 11. The van der Waals surface area contributed by atoms with E-state index in [0.29, 0.717) is 32.9 Å². The van der Waals surface area contributed by atoms with Crippen molar-refractivity contribution in [3.05, 3.63) is 174 Å². The van der Waals surface area contributed by atoms with Gasteiger partial charge >= 0.3 is 0 Å². The fourth-order valence-corrected chi connectivity index (χ4v) is 6.14. The molecular formula is C44H29F2N9O4. The fourth-order valence-electron chi connectivity index (χ4n) is 6.14. The van der Waals surface area contributed by atoms with Gasteiger partial charge in [0, 0.05) is 17.2 Å². The first-order chi connectivity index (χ1) is 28.7. The molecule has 2 amide bonds. The van der Waals surface area contributed by atoms with E-state index in [2.05, 4.69) is 46.0 Å². The number of nitrogens with one attached hydrogen (secondary N) is 2. The van der Waals surface area contributed by atoms with Crippen LogP contribution in [-0.2, 0) is 6.42 Å². The summed E-state index contributed by atoms with van der Waals surface area (Å²) in [5.74, 6) is -3.86. The van der Waals surface area contributed by atoms with Gasteiger partial charge in [0.1, 0.15) is 28.8 Å². The quantitative estimate of drug-likeness (QED) is 0.0993. The molecule has 0 aliphatic carbocycles. The van der Waals surface area contributed by atoms with Crippen LogP contribution < -0.4 is 10.6 Å². The van der Waals surface area contributed by atoms with E-state index >= 15 is 0 Å². The number of aromatic hydroxyl groups is 2. The lowest BCUT2D eigenvalue weighted by atomic mass is 10.0. The molecule has 0 spiro atoms. The van der Waals surface area contributed by atoms with Crippen LogP contribution in [0.15, 0.2) is 160 Å². The van der Waals surface area contributed by atoms with Crippen molar-refractivity contribution in [2.24, 2.45) is 20.5 Å². The van der Waals surface area contributed by atoms with Crippen LogP contribution in [0.5, 0.6) is 11.5 Å². The van der Waals surface area contributed by atoms with Crippen molar-refractivity contribution < 1.29 is 28.6 Å². The number of aromatic nitrogens is 3. The Hall–Kier alpha value is -8.33. The standard InChI is InChI=1S/C44H29F2N9O4/c45-28-14-18-30(19-15-28)52-54-37-32-12-6-4-10-26(32)23-34(39(37)56)41(58)49-43-47-36(22-25-8-2-1-3-9-25)48-44(51-43)50-42(59)35-24-27-11-5-7-13-33(27)38(40(35)57)55-53-31-20-16-29(46)17-21-31/h1-21,23-24,56-57H,22H2,(H2,47,48,49,50,51,58,59). The second-order valence-electron chi connectivity index (χ2n) is 13.0. The molecule has 15 heteroatoms. The topological polar surface area (TPSA) is 187 Å². The summed E-state index contributed by atoms with van der Waals surface area (Å²) >= 11 is 0. The number of carbonyl (C=O) groups excluding carboxylic acids is 2. The maximum Gasteiger partial charge on any atom is 0.261 e. The molecule has 7 aromatic carbocycles. The maximum atomic E-state index is 13.9.